The molecule has 2 heteroatoms. The number of nitrogens with one attached hydrogen (secondary N) is 1. The van der Waals surface area contributed by atoms with Gasteiger partial charge in [-0.1, -0.05) is 41.5 Å². The number of hydrogen-bond acceptors (Lipinski definition) is 2. The van der Waals surface area contributed by atoms with Crippen molar-refractivity contribution < 1.29 is 4.74 Å². The van der Waals surface area contributed by atoms with Gasteiger partial charge in [-0.05, 0) is 51.0 Å². The predicted molar refractivity (Wildman–Crippen MR) is 88.9 cm³/mol. The summed E-state index contributed by atoms with van der Waals surface area (Å²) in [6.45, 7) is 10.1. The van der Waals surface area contributed by atoms with Gasteiger partial charge in [0.15, 0.2) is 0 Å². The van der Waals surface area contributed by atoms with Gasteiger partial charge in [0.05, 0.1) is 0 Å². The molecule has 1 N–H and O–H groups in total. The van der Waals surface area contributed by atoms with E-state index in [0.717, 1.165) is 12.3 Å². The third-order valence-corrected chi connectivity index (χ3v) is 3.66. The molecule has 0 aromatic heterocycles. The highest BCUT2D eigenvalue weighted by atomic mass is 16.5. The quantitative estimate of drug-likeness (QED) is 0.859. The molecular formula is C19H25NO. The molecule has 0 fully saturated rings. The van der Waals surface area contributed by atoms with Gasteiger partial charge in [0.25, 0.3) is 0 Å². The summed E-state index contributed by atoms with van der Waals surface area (Å²) in [7, 11) is 0. The summed E-state index contributed by atoms with van der Waals surface area (Å²) < 4.78 is 5.80. The van der Waals surface area contributed by atoms with Crippen LogP contribution < -0.4 is 10.1 Å². The van der Waals surface area contributed by atoms with Crippen LogP contribution in [0.15, 0.2) is 42.5 Å². The number of rotatable bonds is 6. The fourth-order valence-corrected chi connectivity index (χ4v) is 2.24. The van der Waals surface area contributed by atoms with Crippen LogP contribution in [0.4, 0.5) is 0 Å². The molecule has 0 aliphatic heterocycles. The molecule has 2 nitrogen and oxygen atoms in total. The lowest BCUT2D eigenvalue weighted by Gasteiger charge is -2.16. The van der Waals surface area contributed by atoms with E-state index in [1.807, 2.05) is 12.1 Å². The molecule has 0 bridgehead atoms. The number of ether oxygens (including phenoxy) is 1. The molecule has 0 saturated carbocycles. The molecule has 0 aliphatic carbocycles. The Bertz CT molecular complexity index is 575. The van der Waals surface area contributed by atoms with Gasteiger partial charge in [0.1, 0.15) is 12.4 Å². The smallest absolute Gasteiger partial charge is 0.119 e. The summed E-state index contributed by atoms with van der Waals surface area (Å²) in [6, 6.07) is 15.1. The molecule has 0 aliphatic rings. The summed E-state index contributed by atoms with van der Waals surface area (Å²) in [4.78, 5) is 0. The van der Waals surface area contributed by atoms with Gasteiger partial charge in [-0.3, -0.25) is 0 Å². The van der Waals surface area contributed by atoms with Crippen molar-refractivity contribution in [1.82, 2.24) is 5.32 Å². The zero-order valence-electron chi connectivity index (χ0n) is 13.4. The lowest BCUT2D eigenvalue weighted by molar-refractivity contribution is 0.272. The molecule has 0 spiro atoms. The molecule has 0 heterocycles. The van der Waals surface area contributed by atoms with Crippen molar-refractivity contribution in [3.05, 3.63) is 64.7 Å². The van der Waals surface area contributed by atoms with Gasteiger partial charge in [-0.25, -0.2) is 0 Å². The first-order valence-corrected chi connectivity index (χ1v) is 7.53. The maximum absolute atomic E-state index is 5.80. The Morgan fingerprint density at radius 3 is 2.29 bits per heavy atom. The van der Waals surface area contributed by atoms with Crippen molar-refractivity contribution >= 4 is 0 Å². The highest BCUT2D eigenvalue weighted by molar-refractivity contribution is 5.30. The summed E-state index contributed by atoms with van der Waals surface area (Å²) >= 11 is 0. The average molecular weight is 283 g/mol. The monoisotopic (exact) mass is 283 g/mol. The maximum atomic E-state index is 5.80. The minimum absolute atomic E-state index is 0.312. The molecule has 112 valence electrons. The van der Waals surface area contributed by atoms with E-state index in [1.165, 1.54) is 22.3 Å². The van der Waals surface area contributed by atoms with Crippen molar-refractivity contribution in [2.75, 3.05) is 6.61 Å². The third kappa shape index (κ3) is 4.91. The standard InChI is InChI=1S/C19H25NO/c1-14-6-9-19(10-7-14)21-13-17(4)20-12-18-8-5-15(2)11-16(18)3/h5-11,17,20H,12-13H2,1-4H3. The largest absolute Gasteiger partial charge is 0.492 e. The van der Waals surface area contributed by atoms with Crippen LogP contribution in [0.25, 0.3) is 0 Å². The topological polar surface area (TPSA) is 21.3 Å². The second-order valence-corrected chi connectivity index (χ2v) is 5.84. The number of aryl methyl sites for hydroxylation is 3. The Hall–Kier alpha value is -1.80. The van der Waals surface area contributed by atoms with E-state index in [1.54, 1.807) is 0 Å². The van der Waals surface area contributed by atoms with Crippen LogP contribution in [0.1, 0.15) is 29.2 Å². The van der Waals surface area contributed by atoms with Crippen molar-refractivity contribution in [2.24, 2.45) is 0 Å². The summed E-state index contributed by atoms with van der Waals surface area (Å²) in [5, 5.41) is 3.52. The van der Waals surface area contributed by atoms with Crippen molar-refractivity contribution in [2.45, 2.75) is 40.3 Å². The van der Waals surface area contributed by atoms with Crippen LogP contribution in [0.2, 0.25) is 0 Å². The SMILES string of the molecule is Cc1ccc(OCC(C)NCc2ccc(C)cc2C)cc1. The Kier molecular flexibility index (Phi) is 5.40. The Morgan fingerprint density at radius 2 is 1.62 bits per heavy atom. The van der Waals surface area contributed by atoms with E-state index >= 15 is 0 Å². The normalized spacial score (nSPS) is 12.2. The first-order chi connectivity index (χ1) is 10.0. The molecule has 2 aromatic carbocycles. The van der Waals surface area contributed by atoms with Crippen molar-refractivity contribution in [3.63, 3.8) is 0 Å². The molecule has 2 aromatic rings. The number of hydrogen-bond donors (Lipinski definition) is 1. The minimum atomic E-state index is 0.312. The van der Waals surface area contributed by atoms with Crippen LogP contribution in [-0.2, 0) is 6.54 Å². The molecular weight excluding hydrogens is 258 g/mol. The first kappa shape index (κ1) is 15.6. The van der Waals surface area contributed by atoms with E-state index in [0.29, 0.717) is 12.6 Å². The Balaban J connectivity index is 1.79. The van der Waals surface area contributed by atoms with Gasteiger partial charge < -0.3 is 10.1 Å². The van der Waals surface area contributed by atoms with Crippen LogP contribution >= 0.6 is 0 Å². The van der Waals surface area contributed by atoms with E-state index in [-0.39, 0.29) is 0 Å². The predicted octanol–water partition coefficient (Wildman–Crippen LogP) is 4.17. The zero-order valence-corrected chi connectivity index (χ0v) is 13.4. The molecule has 1 unspecified atom stereocenters. The van der Waals surface area contributed by atoms with Crippen LogP contribution in [-0.4, -0.2) is 12.6 Å². The fourth-order valence-electron chi connectivity index (χ4n) is 2.24. The highest BCUT2D eigenvalue weighted by Gasteiger charge is 2.04. The second kappa shape index (κ2) is 7.28. The minimum Gasteiger partial charge on any atom is -0.492 e. The summed E-state index contributed by atoms with van der Waals surface area (Å²) in [5.74, 6) is 0.931. The van der Waals surface area contributed by atoms with E-state index < -0.39 is 0 Å². The third-order valence-electron chi connectivity index (χ3n) is 3.66. The van der Waals surface area contributed by atoms with Crippen LogP contribution in [0, 0.1) is 20.8 Å². The molecule has 21 heavy (non-hydrogen) atoms. The first-order valence-electron chi connectivity index (χ1n) is 7.53. The second-order valence-electron chi connectivity index (χ2n) is 5.84. The lowest BCUT2D eigenvalue weighted by atomic mass is 10.1. The molecule has 1 atom stereocenters. The summed E-state index contributed by atoms with van der Waals surface area (Å²) in [6.07, 6.45) is 0. The van der Waals surface area contributed by atoms with Crippen LogP contribution in [0.5, 0.6) is 5.75 Å². The average Bonchev–Trinajstić information content (AvgIpc) is 2.46. The van der Waals surface area contributed by atoms with Gasteiger partial charge in [-0.2, -0.15) is 0 Å². The molecule has 0 radical (unpaired) electrons. The highest BCUT2D eigenvalue weighted by Crippen LogP contribution is 2.12. The van der Waals surface area contributed by atoms with Gasteiger partial charge >= 0.3 is 0 Å². The summed E-state index contributed by atoms with van der Waals surface area (Å²) in [5.41, 5.74) is 5.26. The van der Waals surface area contributed by atoms with E-state index in [9.17, 15) is 0 Å². The van der Waals surface area contributed by atoms with Crippen LogP contribution in [0.3, 0.4) is 0 Å². The van der Waals surface area contributed by atoms with Gasteiger partial charge in [-0.15, -0.1) is 0 Å². The van der Waals surface area contributed by atoms with Gasteiger partial charge in [0, 0.05) is 12.6 Å². The lowest BCUT2D eigenvalue weighted by Crippen LogP contribution is -2.31. The number of benzene rings is 2. The van der Waals surface area contributed by atoms with E-state index in [4.69, 9.17) is 4.74 Å². The zero-order chi connectivity index (χ0) is 15.2. The van der Waals surface area contributed by atoms with Crippen molar-refractivity contribution in [3.8, 4) is 5.75 Å². The maximum Gasteiger partial charge on any atom is 0.119 e. The molecule has 0 amide bonds. The Morgan fingerprint density at radius 1 is 0.952 bits per heavy atom. The Labute approximate surface area is 128 Å². The molecule has 0 saturated heterocycles. The van der Waals surface area contributed by atoms with Crippen molar-refractivity contribution in [1.29, 1.82) is 0 Å². The van der Waals surface area contributed by atoms with Gasteiger partial charge in [0.2, 0.25) is 0 Å². The van der Waals surface area contributed by atoms with E-state index in [2.05, 4.69) is 63.3 Å². The fraction of sp³-hybridized carbons (Fsp3) is 0.368. The molecule has 2 rings (SSSR count).